The monoisotopic (exact) mass is 439 g/mol. The minimum atomic E-state index is -0.133. The molecule has 9 heteroatoms. The molecule has 0 radical (unpaired) electrons. The number of rotatable bonds is 7. The number of nitrogens with one attached hydrogen (secondary N) is 1. The lowest BCUT2D eigenvalue weighted by Gasteiger charge is -2.03. The van der Waals surface area contributed by atoms with Crippen LogP contribution in [0.5, 0.6) is 0 Å². The summed E-state index contributed by atoms with van der Waals surface area (Å²) in [6, 6.07) is 10.2. The van der Waals surface area contributed by atoms with E-state index in [9.17, 15) is 4.79 Å². The van der Waals surface area contributed by atoms with Crippen molar-refractivity contribution in [3.05, 3.63) is 53.3 Å². The molecule has 4 rings (SSSR count). The highest BCUT2D eigenvalue weighted by Gasteiger charge is 2.16. The molecule has 0 fully saturated rings. The van der Waals surface area contributed by atoms with Crippen LogP contribution in [0.3, 0.4) is 0 Å². The number of benzene rings is 1. The van der Waals surface area contributed by atoms with Crippen molar-refractivity contribution < 1.29 is 9.21 Å². The standard InChI is InChI=1S/C21H21N5O2S2/c1-4-14-5-7-15(8-6-14)17-11-29-20(22-17)23-18(27)12-30-21-25-24-19(26(21)3)16-9-10-28-13(16)2/h5-11H,4,12H2,1-3H3,(H,22,23,27). The van der Waals surface area contributed by atoms with Crippen LogP contribution in [0.1, 0.15) is 18.2 Å². The van der Waals surface area contributed by atoms with Gasteiger partial charge in [-0.2, -0.15) is 0 Å². The van der Waals surface area contributed by atoms with Crippen LogP contribution < -0.4 is 5.32 Å². The highest BCUT2D eigenvalue weighted by atomic mass is 32.2. The van der Waals surface area contributed by atoms with Crippen molar-refractivity contribution in [1.29, 1.82) is 0 Å². The van der Waals surface area contributed by atoms with Gasteiger partial charge in [-0.25, -0.2) is 4.98 Å². The number of thiazole rings is 1. The number of thioether (sulfide) groups is 1. The minimum Gasteiger partial charge on any atom is -0.469 e. The molecular weight excluding hydrogens is 418 g/mol. The van der Waals surface area contributed by atoms with Crippen LogP contribution in [0.25, 0.3) is 22.6 Å². The van der Waals surface area contributed by atoms with E-state index >= 15 is 0 Å². The van der Waals surface area contributed by atoms with Crippen molar-refractivity contribution in [2.45, 2.75) is 25.4 Å². The SMILES string of the molecule is CCc1ccc(-c2csc(NC(=O)CSc3nnc(-c4ccoc4C)n3C)n2)cc1. The molecule has 4 aromatic rings. The second-order valence-electron chi connectivity index (χ2n) is 6.68. The lowest BCUT2D eigenvalue weighted by Crippen LogP contribution is -2.14. The molecule has 0 atom stereocenters. The van der Waals surface area contributed by atoms with Gasteiger partial charge in [0.15, 0.2) is 16.1 Å². The summed E-state index contributed by atoms with van der Waals surface area (Å²) in [7, 11) is 1.87. The Balaban J connectivity index is 1.36. The van der Waals surface area contributed by atoms with E-state index in [0.717, 1.165) is 29.0 Å². The molecule has 30 heavy (non-hydrogen) atoms. The van der Waals surface area contributed by atoms with Gasteiger partial charge < -0.3 is 14.3 Å². The van der Waals surface area contributed by atoms with Crippen LogP contribution >= 0.6 is 23.1 Å². The number of amides is 1. The summed E-state index contributed by atoms with van der Waals surface area (Å²) in [4.78, 5) is 16.9. The number of hydrogen-bond acceptors (Lipinski definition) is 7. The molecule has 0 saturated carbocycles. The van der Waals surface area contributed by atoms with Crippen LogP contribution in [0, 0.1) is 6.92 Å². The molecule has 154 valence electrons. The molecule has 0 aliphatic carbocycles. The summed E-state index contributed by atoms with van der Waals surface area (Å²) in [6.07, 6.45) is 2.63. The number of anilines is 1. The first-order chi connectivity index (χ1) is 14.5. The summed E-state index contributed by atoms with van der Waals surface area (Å²) in [5.41, 5.74) is 4.08. The molecule has 0 bridgehead atoms. The predicted molar refractivity (Wildman–Crippen MR) is 120 cm³/mol. The summed E-state index contributed by atoms with van der Waals surface area (Å²) in [6.45, 7) is 4.01. The Morgan fingerprint density at radius 2 is 2.03 bits per heavy atom. The Bertz CT molecular complexity index is 1160. The Kier molecular flexibility index (Phi) is 6.01. The molecule has 1 aromatic carbocycles. The molecule has 1 amide bonds. The zero-order valence-electron chi connectivity index (χ0n) is 16.9. The van der Waals surface area contributed by atoms with Gasteiger partial charge in [-0.15, -0.1) is 21.5 Å². The summed E-state index contributed by atoms with van der Waals surface area (Å²) >= 11 is 2.74. The number of aromatic nitrogens is 4. The third-order valence-corrected chi connectivity index (χ3v) is 6.45. The Morgan fingerprint density at radius 3 is 2.73 bits per heavy atom. The number of furan rings is 1. The van der Waals surface area contributed by atoms with E-state index in [1.54, 1.807) is 6.26 Å². The van der Waals surface area contributed by atoms with E-state index < -0.39 is 0 Å². The van der Waals surface area contributed by atoms with Crippen molar-refractivity contribution in [2.75, 3.05) is 11.1 Å². The largest absolute Gasteiger partial charge is 0.469 e. The van der Waals surface area contributed by atoms with Crippen LogP contribution in [0.15, 0.2) is 51.5 Å². The van der Waals surface area contributed by atoms with Gasteiger partial charge in [-0.05, 0) is 25.0 Å². The quantitative estimate of drug-likeness (QED) is 0.416. The highest BCUT2D eigenvalue weighted by molar-refractivity contribution is 7.99. The molecule has 0 aliphatic rings. The average Bonchev–Trinajstić information content (AvgIpc) is 3.47. The summed E-state index contributed by atoms with van der Waals surface area (Å²) < 4.78 is 7.19. The van der Waals surface area contributed by atoms with Gasteiger partial charge in [-0.1, -0.05) is 43.0 Å². The third-order valence-electron chi connectivity index (χ3n) is 4.68. The van der Waals surface area contributed by atoms with E-state index in [4.69, 9.17) is 4.42 Å². The van der Waals surface area contributed by atoms with Gasteiger partial charge in [0.05, 0.1) is 23.3 Å². The highest BCUT2D eigenvalue weighted by Crippen LogP contribution is 2.27. The summed E-state index contributed by atoms with van der Waals surface area (Å²) in [5.74, 6) is 1.58. The molecule has 0 aliphatic heterocycles. The lowest BCUT2D eigenvalue weighted by atomic mass is 10.1. The Morgan fingerprint density at radius 1 is 1.23 bits per heavy atom. The maximum absolute atomic E-state index is 12.4. The van der Waals surface area contributed by atoms with E-state index in [2.05, 4.69) is 51.7 Å². The molecule has 0 unspecified atom stereocenters. The first-order valence-electron chi connectivity index (χ1n) is 9.46. The topological polar surface area (TPSA) is 85.8 Å². The van der Waals surface area contributed by atoms with Gasteiger partial charge in [0, 0.05) is 18.0 Å². The Hall–Kier alpha value is -2.91. The first kappa shape index (κ1) is 20.4. The molecule has 1 N–H and O–H groups in total. The number of nitrogens with zero attached hydrogens (tertiary/aromatic N) is 4. The second-order valence-corrected chi connectivity index (χ2v) is 8.48. The van der Waals surface area contributed by atoms with Gasteiger partial charge in [0.2, 0.25) is 5.91 Å². The zero-order valence-corrected chi connectivity index (χ0v) is 18.5. The maximum atomic E-state index is 12.4. The fraction of sp³-hybridized carbons (Fsp3) is 0.238. The predicted octanol–water partition coefficient (Wildman–Crippen LogP) is 4.80. The summed E-state index contributed by atoms with van der Waals surface area (Å²) in [5, 5.41) is 14.5. The number of carbonyl (C=O) groups is 1. The normalized spacial score (nSPS) is 11.0. The fourth-order valence-electron chi connectivity index (χ4n) is 2.95. The zero-order chi connectivity index (χ0) is 21.1. The van der Waals surface area contributed by atoms with Crippen LogP contribution in [-0.2, 0) is 18.3 Å². The van der Waals surface area contributed by atoms with Gasteiger partial charge in [0.25, 0.3) is 0 Å². The van der Waals surface area contributed by atoms with Gasteiger partial charge >= 0.3 is 0 Å². The molecular formula is C21H21N5O2S2. The van der Waals surface area contributed by atoms with Crippen molar-refractivity contribution in [2.24, 2.45) is 7.05 Å². The van der Waals surface area contributed by atoms with Gasteiger partial charge in [-0.3, -0.25) is 4.79 Å². The van der Waals surface area contributed by atoms with Crippen molar-refractivity contribution in [3.63, 3.8) is 0 Å². The molecule has 0 spiro atoms. The number of aryl methyl sites for hydroxylation is 2. The molecule has 3 heterocycles. The van der Waals surface area contributed by atoms with Crippen molar-refractivity contribution in [1.82, 2.24) is 19.7 Å². The van der Waals surface area contributed by atoms with Crippen LogP contribution in [-0.4, -0.2) is 31.4 Å². The minimum absolute atomic E-state index is 0.133. The number of hydrogen-bond donors (Lipinski definition) is 1. The second kappa shape index (κ2) is 8.85. The Labute approximate surface area is 182 Å². The first-order valence-corrected chi connectivity index (χ1v) is 11.3. The fourth-order valence-corrected chi connectivity index (χ4v) is 4.40. The van der Waals surface area contributed by atoms with E-state index in [1.165, 1.54) is 28.7 Å². The molecule has 0 saturated heterocycles. The number of carbonyl (C=O) groups excluding carboxylic acids is 1. The van der Waals surface area contributed by atoms with E-state index in [-0.39, 0.29) is 11.7 Å². The van der Waals surface area contributed by atoms with E-state index in [0.29, 0.717) is 16.1 Å². The van der Waals surface area contributed by atoms with Gasteiger partial charge in [0.1, 0.15) is 5.76 Å². The van der Waals surface area contributed by atoms with E-state index in [1.807, 2.05) is 30.0 Å². The smallest absolute Gasteiger partial charge is 0.236 e. The van der Waals surface area contributed by atoms with Crippen LogP contribution in [0.2, 0.25) is 0 Å². The maximum Gasteiger partial charge on any atom is 0.236 e. The molecule has 7 nitrogen and oxygen atoms in total. The lowest BCUT2D eigenvalue weighted by molar-refractivity contribution is -0.113. The molecule has 3 aromatic heterocycles. The average molecular weight is 440 g/mol. The van der Waals surface area contributed by atoms with Crippen molar-refractivity contribution in [3.8, 4) is 22.6 Å². The third kappa shape index (κ3) is 4.31. The van der Waals surface area contributed by atoms with Crippen molar-refractivity contribution >= 4 is 34.1 Å². The van der Waals surface area contributed by atoms with Crippen LogP contribution in [0.4, 0.5) is 5.13 Å².